The second kappa shape index (κ2) is 8.11. The molecule has 8 heteroatoms. The summed E-state index contributed by atoms with van der Waals surface area (Å²) in [5, 5.41) is 2.75. The van der Waals surface area contributed by atoms with Gasteiger partial charge >= 0.3 is 18.2 Å². The SMILES string of the molecule is CC(C)NC(=O)N(C)c1ccc(OC(=O)c2ccc(C(F)(F)F)cc2)cc1. The number of amides is 2. The molecule has 144 valence electrons. The zero-order valence-corrected chi connectivity index (χ0v) is 15.0. The van der Waals surface area contributed by atoms with Crippen molar-refractivity contribution in [3.63, 3.8) is 0 Å². The van der Waals surface area contributed by atoms with E-state index in [4.69, 9.17) is 4.74 Å². The summed E-state index contributed by atoms with van der Waals surface area (Å²) in [4.78, 5) is 25.4. The molecule has 0 saturated carbocycles. The van der Waals surface area contributed by atoms with Crippen LogP contribution in [0, 0.1) is 0 Å². The van der Waals surface area contributed by atoms with Crippen LogP contribution in [-0.2, 0) is 6.18 Å². The highest BCUT2D eigenvalue weighted by molar-refractivity contribution is 5.92. The van der Waals surface area contributed by atoms with Gasteiger partial charge in [-0.3, -0.25) is 4.90 Å². The van der Waals surface area contributed by atoms with Crippen molar-refractivity contribution in [3.05, 3.63) is 59.7 Å². The third-order valence-electron chi connectivity index (χ3n) is 3.60. The van der Waals surface area contributed by atoms with Gasteiger partial charge in [-0.25, -0.2) is 9.59 Å². The number of nitrogens with one attached hydrogen (secondary N) is 1. The van der Waals surface area contributed by atoms with Gasteiger partial charge in [-0.15, -0.1) is 0 Å². The highest BCUT2D eigenvalue weighted by Crippen LogP contribution is 2.29. The molecule has 2 aromatic rings. The minimum absolute atomic E-state index is 0.000468. The van der Waals surface area contributed by atoms with Crippen molar-refractivity contribution >= 4 is 17.7 Å². The van der Waals surface area contributed by atoms with E-state index in [1.54, 1.807) is 19.2 Å². The summed E-state index contributed by atoms with van der Waals surface area (Å²) in [6.07, 6.45) is -4.47. The summed E-state index contributed by atoms with van der Waals surface area (Å²) in [6.45, 7) is 3.69. The zero-order chi connectivity index (χ0) is 20.2. The molecule has 0 spiro atoms. The van der Waals surface area contributed by atoms with Crippen LogP contribution in [0.2, 0.25) is 0 Å². The smallest absolute Gasteiger partial charge is 0.416 e. The third kappa shape index (κ3) is 5.47. The van der Waals surface area contributed by atoms with Gasteiger partial charge in [-0.1, -0.05) is 0 Å². The van der Waals surface area contributed by atoms with Crippen molar-refractivity contribution in [2.24, 2.45) is 0 Å². The van der Waals surface area contributed by atoms with Crippen LogP contribution in [0.15, 0.2) is 48.5 Å². The van der Waals surface area contributed by atoms with Crippen molar-refractivity contribution in [2.45, 2.75) is 26.1 Å². The lowest BCUT2D eigenvalue weighted by atomic mass is 10.1. The molecule has 0 aliphatic carbocycles. The molecule has 0 bridgehead atoms. The Bertz CT molecular complexity index is 800. The topological polar surface area (TPSA) is 58.6 Å². The van der Waals surface area contributed by atoms with Gasteiger partial charge in [0.2, 0.25) is 0 Å². The number of anilines is 1. The number of halogens is 3. The standard InChI is InChI=1S/C19H19F3N2O3/c1-12(2)23-18(26)24(3)15-8-10-16(11-9-15)27-17(25)13-4-6-14(7-5-13)19(20,21)22/h4-12H,1-3H3,(H,23,26). The molecule has 2 aromatic carbocycles. The van der Waals surface area contributed by atoms with Crippen molar-refractivity contribution in [1.29, 1.82) is 0 Å². The maximum atomic E-state index is 12.5. The summed E-state index contributed by atoms with van der Waals surface area (Å²) in [5.41, 5.74) is -0.255. The first-order valence-electron chi connectivity index (χ1n) is 8.11. The Morgan fingerprint density at radius 1 is 1.00 bits per heavy atom. The second-order valence-electron chi connectivity index (χ2n) is 6.12. The van der Waals surface area contributed by atoms with Crippen molar-refractivity contribution in [2.75, 3.05) is 11.9 Å². The number of carbonyl (C=O) groups excluding carboxylic acids is 2. The van der Waals surface area contributed by atoms with E-state index in [-0.39, 0.29) is 23.4 Å². The Kier molecular flexibility index (Phi) is 6.09. The fourth-order valence-corrected chi connectivity index (χ4v) is 2.16. The second-order valence-corrected chi connectivity index (χ2v) is 6.12. The molecule has 0 saturated heterocycles. The predicted molar refractivity (Wildman–Crippen MR) is 94.9 cm³/mol. The maximum Gasteiger partial charge on any atom is 0.416 e. The number of carbonyl (C=O) groups is 2. The number of urea groups is 1. The van der Waals surface area contributed by atoms with Crippen LogP contribution in [0.25, 0.3) is 0 Å². The molecule has 0 aliphatic rings. The lowest BCUT2D eigenvalue weighted by Crippen LogP contribution is -2.40. The molecule has 0 unspecified atom stereocenters. The van der Waals surface area contributed by atoms with Gasteiger partial charge in [-0.05, 0) is 62.4 Å². The fourth-order valence-electron chi connectivity index (χ4n) is 2.16. The summed E-state index contributed by atoms with van der Waals surface area (Å²) >= 11 is 0. The van der Waals surface area contributed by atoms with Crippen LogP contribution in [0.4, 0.5) is 23.7 Å². The van der Waals surface area contributed by atoms with Gasteiger partial charge in [0.1, 0.15) is 5.75 Å². The summed E-state index contributed by atoms with van der Waals surface area (Å²) in [7, 11) is 1.60. The number of hydrogen-bond donors (Lipinski definition) is 1. The summed E-state index contributed by atoms with van der Waals surface area (Å²) in [5.74, 6) is -0.566. The fraction of sp³-hybridized carbons (Fsp3) is 0.263. The average molecular weight is 380 g/mol. The quantitative estimate of drug-likeness (QED) is 0.629. The maximum absolute atomic E-state index is 12.5. The molecule has 0 radical (unpaired) electrons. The van der Waals surface area contributed by atoms with Crippen LogP contribution in [0.1, 0.15) is 29.8 Å². The molecule has 0 aliphatic heterocycles. The lowest BCUT2D eigenvalue weighted by molar-refractivity contribution is -0.137. The first-order chi connectivity index (χ1) is 12.6. The Labute approximate surface area is 154 Å². The number of benzene rings is 2. The van der Waals surface area contributed by atoms with E-state index in [0.717, 1.165) is 24.3 Å². The largest absolute Gasteiger partial charge is 0.423 e. The molecule has 0 aromatic heterocycles. The molecule has 0 fully saturated rings. The monoisotopic (exact) mass is 380 g/mol. The Hall–Kier alpha value is -3.03. The molecule has 0 heterocycles. The van der Waals surface area contributed by atoms with Gasteiger partial charge in [0.15, 0.2) is 0 Å². The first kappa shape index (κ1) is 20.3. The average Bonchev–Trinajstić information content (AvgIpc) is 2.60. The summed E-state index contributed by atoms with van der Waals surface area (Å²) in [6, 6.07) is 9.65. The van der Waals surface area contributed by atoms with Gasteiger partial charge in [0.25, 0.3) is 0 Å². The van der Waals surface area contributed by atoms with Gasteiger partial charge in [-0.2, -0.15) is 13.2 Å². The number of nitrogens with zero attached hydrogens (tertiary/aromatic N) is 1. The molecule has 27 heavy (non-hydrogen) atoms. The van der Waals surface area contributed by atoms with E-state index < -0.39 is 17.7 Å². The number of ether oxygens (including phenoxy) is 1. The normalized spacial score (nSPS) is 11.2. The molecule has 2 amide bonds. The zero-order valence-electron chi connectivity index (χ0n) is 15.0. The van der Waals surface area contributed by atoms with E-state index in [2.05, 4.69) is 5.32 Å². The molecule has 1 N–H and O–H groups in total. The van der Waals surface area contributed by atoms with E-state index in [9.17, 15) is 22.8 Å². The number of alkyl halides is 3. The van der Waals surface area contributed by atoms with E-state index >= 15 is 0 Å². The minimum Gasteiger partial charge on any atom is -0.423 e. The van der Waals surface area contributed by atoms with Crippen molar-refractivity contribution < 1.29 is 27.5 Å². The molecule has 0 atom stereocenters. The highest BCUT2D eigenvalue weighted by Gasteiger charge is 2.30. The van der Waals surface area contributed by atoms with Crippen LogP contribution in [0.3, 0.4) is 0 Å². The Morgan fingerprint density at radius 2 is 1.56 bits per heavy atom. The third-order valence-corrected chi connectivity index (χ3v) is 3.60. The summed E-state index contributed by atoms with van der Waals surface area (Å²) < 4.78 is 42.8. The lowest BCUT2D eigenvalue weighted by Gasteiger charge is -2.20. The number of esters is 1. The minimum atomic E-state index is -4.47. The Morgan fingerprint density at radius 3 is 2.04 bits per heavy atom. The van der Waals surface area contributed by atoms with E-state index in [1.165, 1.54) is 17.0 Å². The van der Waals surface area contributed by atoms with Crippen LogP contribution in [-0.4, -0.2) is 25.1 Å². The van der Waals surface area contributed by atoms with Gasteiger partial charge in [0.05, 0.1) is 11.1 Å². The molecule has 2 rings (SSSR count). The first-order valence-corrected chi connectivity index (χ1v) is 8.11. The predicted octanol–water partition coefficient (Wildman–Crippen LogP) is 4.48. The van der Waals surface area contributed by atoms with E-state index in [0.29, 0.717) is 5.69 Å². The number of rotatable bonds is 4. The molecule has 5 nitrogen and oxygen atoms in total. The molecular formula is C19H19F3N2O3. The number of hydrogen-bond acceptors (Lipinski definition) is 3. The van der Waals surface area contributed by atoms with Crippen LogP contribution in [0.5, 0.6) is 5.75 Å². The van der Waals surface area contributed by atoms with Gasteiger partial charge in [0, 0.05) is 18.8 Å². The highest BCUT2D eigenvalue weighted by atomic mass is 19.4. The molecular weight excluding hydrogens is 361 g/mol. The van der Waals surface area contributed by atoms with Gasteiger partial charge < -0.3 is 10.1 Å². The van der Waals surface area contributed by atoms with Crippen LogP contribution >= 0.6 is 0 Å². The van der Waals surface area contributed by atoms with Crippen molar-refractivity contribution in [1.82, 2.24) is 5.32 Å². The van der Waals surface area contributed by atoms with Crippen LogP contribution < -0.4 is 15.0 Å². The Balaban J connectivity index is 2.03. The van der Waals surface area contributed by atoms with Crippen molar-refractivity contribution in [3.8, 4) is 5.75 Å². The van der Waals surface area contributed by atoms with E-state index in [1.807, 2.05) is 13.8 Å².